The molecule has 140 valence electrons. The second kappa shape index (κ2) is 7.91. The van der Waals surface area contributed by atoms with E-state index in [9.17, 15) is 13.2 Å². The first kappa shape index (κ1) is 20.0. The van der Waals surface area contributed by atoms with Crippen LogP contribution in [0.3, 0.4) is 0 Å². The van der Waals surface area contributed by atoms with Crippen molar-refractivity contribution in [3.8, 4) is 0 Å². The summed E-state index contributed by atoms with van der Waals surface area (Å²) in [5.41, 5.74) is 4.75. The first-order valence-corrected chi connectivity index (χ1v) is 10.3. The van der Waals surface area contributed by atoms with Crippen molar-refractivity contribution in [3.05, 3.63) is 64.7 Å². The zero-order valence-corrected chi connectivity index (χ0v) is 16.7. The van der Waals surface area contributed by atoms with E-state index in [2.05, 4.69) is 5.32 Å². The van der Waals surface area contributed by atoms with Crippen LogP contribution in [-0.2, 0) is 14.8 Å². The van der Waals surface area contributed by atoms with Gasteiger partial charge in [-0.05, 0) is 62.1 Å². The monoisotopic (exact) mass is 374 g/mol. The molecule has 0 aliphatic heterocycles. The molecule has 0 unspecified atom stereocenters. The third-order valence-electron chi connectivity index (χ3n) is 4.39. The van der Waals surface area contributed by atoms with E-state index < -0.39 is 10.0 Å². The number of nitrogens with zero attached hydrogens (tertiary/aromatic N) is 1. The van der Waals surface area contributed by atoms with Crippen LogP contribution in [0.1, 0.15) is 35.2 Å². The predicted molar refractivity (Wildman–Crippen MR) is 106 cm³/mol. The van der Waals surface area contributed by atoms with Crippen molar-refractivity contribution < 1.29 is 13.2 Å². The van der Waals surface area contributed by atoms with Gasteiger partial charge in [0.1, 0.15) is 6.54 Å². The second-order valence-electron chi connectivity index (χ2n) is 6.74. The lowest BCUT2D eigenvalue weighted by Crippen LogP contribution is -2.41. The average molecular weight is 375 g/mol. The minimum Gasteiger partial charge on any atom is -0.348 e. The van der Waals surface area contributed by atoms with Gasteiger partial charge in [-0.3, -0.25) is 9.10 Å². The van der Waals surface area contributed by atoms with Gasteiger partial charge in [0.15, 0.2) is 0 Å². The van der Waals surface area contributed by atoms with Gasteiger partial charge in [0.2, 0.25) is 15.9 Å². The van der Waals surface area contributed by atoms with Gasteiger partial charge in [0.05, 0.1) is 18.0 Å². The lowest BCUT2D eigenvalue weighted by Gasteiger charge is -2.23. The number of benzene rings is 2. The molecule has 0 bridgehead atoms. The fourth-order valence-electron chi connectivity index (χ4n) is 2.72. The normalized spacial score (nSPS) is 12.5. The van der Waals surface area contributed by atoms with Crippen LogP contribution in [0.25, 0.3) is 0 Å². The van der Waals surface area contributed by atoms with E-state index in [-0.39, 0.29) is 18.5 Å². The van der Waals surface area contributed by atoms with Crippen molar-refractivity contribution in [1.82, 2.24) is 5.32 Å². The van der Waals surface area contributed by atoms with E-state index in [1.807, 2.05) is 52.0 Å². The summed E-state index contributed by atoms with van der Waals surface area (Å²) in [6, 6.07) is 12.9. The average Bonchev–Trinajstić information content (AvgIpc) is 2.54. The van der Waals surface area contributed by atoms with Crippen molar-refractivity contribution in [1.29, 1.82) is 0 Å². The summed E-state index contributed by atoms with van der Waals surface area (Å²) in [5, 5.41) is 2.88. The number of rotatable bonds is 6. The molecule has 0 aliphatic rings. The Bertz CT molecular complexity index is 907. The van der Waals surface area contributed by atoms with E-state index in [4.69, 9.17) is 0 Å². The third kappa shape index (κ3) is 5.08. The Kier molecular flexibility index (Phi) is 6.08. The minimum atomic E-state index is -3.57. The Labute approximate surface area is 156 Å². The Balaban J connectivity index is 2.15. The summed E-state index contributed by atoms with van der Waals surface area (Å²) < 4.78 is 25.5. The Morgan fingerprint density at radius 2 is 1.77 bits per heavy atom. The molecule has 5 nitrogen and oxygen atoms in total. The largest absolute Gasteiger partial charge is 0.348 e. The molecule has 0 spiro atoms. The number of sulfonamides is 1. The molecular weight excluding hydrogens is 348 g/mol. The minimum absolute atomic E-state index is 0.208. The van der Waals surface area contributed by atoms with Crippen molar-refractivity contribution in [3.63, 3.8) is 0 Å². The predicted octanol–water partition coefficient (Wildman–Crippen LogP) is 3.26. The number of nitrogens with one attached hydrogen (secondary N) is 1. The molecule has 0 aliphatic carbocycles. The third-order valence-corrected chi connectivity index (χ3v) is 5.53. The van der Waals surface area contributed by atoms with Gasteiger partial charge in [-0.25, -0.2) is 8.42 Å². The van der Waals surface area contributed by atoms with E-state index in [0.29, 0.717) is 5.69 Å². The number of aryl methyl sites for hydroxylation is 3. The highest BCUT2D eigenvalue weighted by atomic mass is 32.2. The van der Waals surface area contributed by atoms with Crippen LogP contribution in [0.15, 0.2) is 42.5 Å². The highest BCUT2D eigenvalue weighted by Gasteiger charge is 2.22. The lowest BCUT2D eigenvalue weighted by molar-refractivity contribution is -0.120. The van der Waals surface area contributed by atoms with Crippen molar-refractivity contribution >= 4 is 21.6 Å². The molecule has 2 rings (SSSR count). The van der Waals surface area contributed by atoms with Crippen LogP contribution in [-0.4, -0.2) is 27.1 Å². The fourth-order valence-corrected chi connectivity index (χ4v) is 3.57. The molecule has 2 aromatic rings. The molecule has 0 fully saturated rings. The van der Waals surface area contributed by atoms with Crippen LogP contribution in [0.4, 0.5) is 5.69 Å². The zero-order chi connectivity index (χ0) is 19.5. The van der Waals surface area contributed by atoms with Gasteiger partial charge in [-0.15, -0.1) is 0 Å². The van der Waals surface area contributed by atoms with Gasteiger partial charge >= 0.3 is 0 Å². The van der Waals surface area contributed by atoms with Crippen molar-refractivity contribution in [2.45, 2.75) is 33.7 Å². The molecule has 6 heteroatoms. The maximum absolute atomic E-state index is 12.5. The summed E-state index contributed by atoms with van der Waals surface area (Å²) in [7, 11) is -3.57. The van der Waals surface area contributed by atoms with Gasteiger partial charge in [0.25, 0.3) is 0 Å². The summed E-state index contributed by atoms with van der Waals surface area (Å²) in [4.78, 5) is 12.5. The van der Waals surface area contributed by atoms with Gasteiger partial charge < -0.3 is 5.32 Å². The topological polar surface area (TPSA) is 66.5 Å². The Morgan fingerprint density at radius 3 is 2.35 bits per heavy atom. The quantitative estimate of drug-likeness (QED) is 0.844. The summed E-state index contributed by atoms with van der Waals surface area (Å²) in [5.74, 6) is -0.345. The first-order chi connectivity index (χ1) is 12.1. The highest BCUT2D eigenvalue weighted by molar-refractivity contribution is 7.92. The van der Waals surface area contributed by atoms with Crippen LogP contribution < -0.4 is 9.62 Å². The zero-order valence-electron chi connectivity index (χ0n) is 15.9. The number of amides is 1. The first-order valence-electron chi connectivity index (χ1n) is 8.49. The van der Waals surface area contributed by atoms with E-state index >= 15 is 0 Å². The Morgan fingerprint density at radius 1 is 1.08 bits per heavy atom. The van der Waals surface area contributed by atoms with Gasteiger partial charge in [-0.1, -0.05) is 30.3 Å². The standard InChI is InChI=1S/C20H26N2O3S/c1-14-7-6-8-19(11-14)22(26(5,24)25)13-20(23)21-17(4)18-10-9-15(2)16(3)12-18/h6-12,17H,13H2,1-5H3,(H,21,23)/t17-/m0/s1. The number of hydrogen-bond donors (Lipinski definition) is 1. The van der Waals surface area contributed by atoms with Crippen molar-refractivity contribution in [2.24, 2.45) is 0 Å². The lowest BCUT2D eigenvalue weighted by atomic mass is 10.0. The maximum atomic E-state index is 12.5. The number of carbonyl (C=O) groups is 1. The second-order valence-corrected chi connectivity index (χ2v) is 8.65. The SMILES string of the molecule is Cc1cccc(N(CC(=O)N[C@@H](C)c2ccc(C)c(C)c2)S(C)(=O)=O)c1. The van der Waals surface area contributed by atoms with E-state index in [0.717, 1.165) is 27.3 Å². The van der Waals surface area contributed by atoms with Gasteiger partial charge in [-0.2, -0.15) is 0 Å². The van der Waals surface area contributed by atoms with Crippen LogP contribution in [0.5, 0.6) is 0 Å². The van der Waals surface area contributed by atoms with E-state index in [1.54, 1.807) is 18.2 Å². The number of hydrogen-bond acceptors (Lipinski definition) is 3. The maximum Gasteiger partial charge on any atom is 0.241 e. The van der Waals surface area contributed by atoms with Gasteiger partial charge in [0, 0.05) is 0 Å². The smallest absolute Gasteiger partial charge is 0.241 e. The summed E-state index contributed by atoms with van der Waals surface area (Å²) in [6.07, 6.45) is 1.11. The van der Waals surface area contributed by atoms with E-state index in [1.165, 1.54) is 5.56 Å². The van der Waals surface area contributed by atoms with Crippen LogP contribution in [0, 0.1) is 20.8 Å². The van der Waals surface area contributed by atoms with Crippen LogP contribution in [0.2, 0.25) is 0 Å². The molecule has 0 radical (unpaired) electrons. The molecule has 0 heterocycles. The molecule has 0 aromatic heterocycles. The molecular formula is C20H26N2O3S. The molecule has 0 saturated carbocycles. The van der Waals surface area contributed by atoms with Crippen LogP contribution >= 0.6 is 0 Å². The molecule has 2 aromatic carbocycles. The summed E-state index contributed by atoms with van der Waals surface area (Å²) in [6.45, 7) is 7.58. The molecule has 1 atom stereocenters. The number of anilines is 1. The van der Waals surface area contributed by atoms with Crippen molar-refractivity contribution in [2.75, 3.05) is 17.1 Å². The highest BCUT2D eigenvalue weighted by Crippen LogP contribution is 2.20. The molecule has 0 saturated heterocycles. The Hall–Kier alpha value is -2.34. The number of carbonyl (C=O) groups excluding carboxylic acids is 1. The molecule has 26 heavy (non-hydrogen) atoms. The molecule has 1 N–H and O–H groups in total. The fraction of sp³-hybridized carbons (Fsp3) is 0.350. The summed E-state index contributed by atoms with van der Waals surface area (Å²) >= 11 is 0. The molecule has 1 amide bonds.